The molecule has 0 amide bonds. The molecule has 0 saturated heterocycles. The molecule has 0 aliphatic heterocycles. The number of Topliss-reactive ketones (excluding diaryl/α,β-unsaturated/α-hetero) is 2. The van der Waals surface area contributed by atoms with Crippen LogP contribution in [-0.2, 0) is 14.4 Å². The summed E-state index contributed by atoms with van der Waals surface area (Å²) in [4.78, 5) is 30.0. The Morgan fingerprint density at radius 3 is 2.00 bits per heavy atom. The van der Waals surface area contributed by atoms with Gasteiger partial charge in [-0.15, -0.1) is 0 Å². The lowest BCUT2D eigenvalue weighted by molar-refractivity contribution is -0.140. The fourth-order valence-corrected chi connectivity index (χ4v) is 0.556. The van der Waals surface area contributed by atoms with Crippen molar-refractivity contribution in [1.82, 2.24) is 0 Å². The average molecular weight is 111 g/mol. The van der Waals surface area contributed by atoms with Crippen LogP contribution >= 0.6 is 0 Å². The van der Waals surface area contributed by atoms with Crippen LogP contribution in [0.15, 0.2) is 0 Å². The maximum absolute atomic E-state index is 10.2. The molecule has 0 unspecified atom stereocenters. The first-order chi connectivity index (χ1) is 3.75. The Balaban J connectivity index is 2.65. The summed E-state index contributed by atoms with van der Waals surface area (Å²) < 4.78 is 0. The van der Waals surface area contributed by atoms with Crippen molar-refractivity contribution in [2.45, 2.75) is 6.42 Å². The van der Waals surface area contributed by atoms with Crippen LogP contribution in [0.1, 0.15) is 6.42 Å². The van der Waals surface area contributed by atoms with Gasteiger partial charge in [-0.05, 0) is 0 Å². The predicted molar refractivity (Wildman–Crippen MR) is 23.8 cm³/mol. The first-order valence-electron chi connectivity index (χ1n) is 2.19. The Morgan fingerprint density at radius 1 is 1.38 bits per heavy atom. The third-order valence-corrected chi connectivity index (χ3v) is 1.11. The number of ketones is 2. The van der Waals surface area contributed by atoms with E-state index in [1.54, 1.807) is 0 Å². The highest BCUT2D eigenvalue weighted by atomic mass is 16.2. The van der Waals surface area contributed by atoms with Crippen molar-refractivity contribution >= 4 is 17.9 Å². The number of hydrogen-bond donors (Lipinski definition) is 0. The molecule has 0 N–H and O–H groups in total. The minimum absolute atomic E-state index is 0.0695. The van der Waals surface area contributed by atoms with E-state index in [1.165, 1.54) is 6.29 Å². The van der Waals surface area contributed by atoms with Gasteiger partial charge in [0.1, 0.15) is 5.92 Å². The molecule has 1 saturated carbocycles. The van der Waals surface area contributed by atoms with Gasteiger partial charge in [0, 0.05) is 0 Å². The van der Waals surface area contributed by atoms with Crippen molar-refractivity contribution in [1.29, 1.82) is 0 Å². The first kappa shape index (κ1) is 5.15. The Bertz CT molecular complexity index is 145. The molecule has 0 aromatic rings. The van der Waals surface area contributed by atoms with Gasteiger partial charge in [0.2, 0.25) is 6.29 Å². The second kappa shape index (κ2) is 1.51. The minimum atomic E-state index is -1.03. The first-order valence-corrected chi connectivity index (χ1v) is 2.19. The van der Waals surface area contributed by atoms with Crippen LogP contribution in [0.2, 0.25) is 0 Å². The zero-order valence-corrected chi connectivity index (χ0v) is 4.01. The highest BCUT2D eigenvalue weighted by Crippen LogP contribution is 2.14. The molecule has 0 spiro atoms. The van der Waals surface area contributed by atoms with Gasteiger partial charge in [0.05, 0.1) is 6.42 Å². The molecule has 0 heterocycles. The van der Waals surface area contributed by atoms with Crippen molar-refractivity contribution in [3.8, 4) is 0 Å². The molecule has 0 atom stereocenters. The lowest BCUT2D eigenvalue weighted by atomic mass is 9.84. The van der Waals surface area contributed by atoms with E-state index >= 15 is 0 Å². The van der Waals surface area contributed by atoms with Crippen LogP contribution < -0.4 is 0 Å². The Morgan fingerprint density at radius 2 is 1.88 bits per heavy atom. The van der Waals surface area contributed by atoms with Gasteiger partial charge in [-0.25, -0.2) is 0 Å². The number of carbonyl (C=O) groups excluding carboxylic acids is 3. The van der Waals surface area contributed by atoms with Crippen LogP contribution in [0.25, 0.3) is 0 Å². The van der Waals surface area contributed by atoms with Crippen molar-refractivity contribution in [3.05, 3.63) is 0 Å². The van der Waals surface area contributed by atoms with Crippen molar-refractivity contribution in [3.63, 3.8) is 0 Å². The molecule has 1 aliphatic rings. The van der Waals surface area contributed by atoms with Gasteiger partial charge in [0.15, 0.2) is 11.6 Å². The lowest BCUT2D eigenvalue weighted by Crippen LogP contribution is -2.38. The van der Waals surface area contributed by atoms with E-state index in [-0.39, 0.29) is 18.0 Å². The summed E-state index contributed by atoms with van der Waals surface area (Å²) >= 11 is 0. The maximum atomic E-state index is 10.2. The van der Waals surface area contributed by atoms with E-state index in [9.17, 15) is 14.4 Å². The Hall–Kier alpha value is -0.990. The third kappa shape index (κ3) is 0.476. The summed E-state index contributed by atoms with van der Waals surface area (Å²) in [7, 11) is 0. The monoisotopic (exact) mass is 111 g/mol. The summed E-state index contributed by atoms with van der Waals surface area (Å²) in [6, 6.07) is 0. The lowest BCUT2D eigenvalue weighted by Gasteiger charge is -2.13. The maximum Gasteiger partial charge on any atom is 0.217 e. The van der Waals surface area contributed by atoms with E-state index in [0.717, 1.165) is 0 Å². The molecule has 8 heavy (non-hydrogen) atoms. The van der Waals surface area contributed by atoms with Gasteiger partial charge in [0.25, 0.3) is 0 Å². The van der Waals surface area contributed by atoms with Gasteiger partial charge in [-0.1, -0.05) is 0 Å². The van der Waals surface area contributed by atoms with Crippen LogP contribution in [-0.4, -0.2) is 17.9 Å². The molecule has 1 aliphatic carbocycles. The summed E-state index contributed by atoms with van der Waals surface area (Å²) in [5, 5.41) is 0. The molecule has 0 aromatic heterocycles. The standard InChI is InChI=1S/C5H3O3/c6-2-3-4(7)1-5(3)8/h3H,1H2. The highest BCUT2D eigenvalue weighted by Gasteiger charge is 2.38. The molecule has 3 heteroatoms. The highest BCUT2D eigenvalue weighted by molar-refractivity contribution is 6.28. The SMILES string of the molecule is O=[C]C1C(=O)CC1=O. The van der Waals surface area contributed by atoms with E-state index in [4.69, 9.17) is 0 Å². The number of hydrogen-bond acceptors (Lipinski definition) is 3. The molecule has 41 valence electrons. The fraction of sp³-hybridized carbons (Fsp3) is 0.400. The smallest absolute Gasteiger partial charge is 0.217 e. The molecule has 1 fully saturated rings. The number of rotatable bonds is 1. The van der Waals surface area contributed by atoms with Gasteiger partial charge in [-0.3, -0.25) is 14.4 Å². The van der Waals surface area contributed by atoms with Crippen LogP contribution in [0.4, 0.5) is 0 Å². The second-order valence-electron chi connectivity index (χ2n) is 1.66. The Kier molecular flexibility index (Phi) is 0.970. The van der Waals surface area contributed by atoms with E-state index in [1.807, 2.05) is 0 Å². The molecule has 0 aromatic carbocycles. The van der Waals surface area contributed by atoms with Crippen molar-refractivity contribution < 1.29 is 14.4 Å². The summed E-state index contributed by atoms with van der Waals surface area (Å²) in [6.07, 6.45) is 1.28. The second-order valence-corrected chi connectivity index (χ2v) is 1.66. The quantitative estimate of drug-likeness (QED) is 0.418. The van der Waals surface area contributed by atoms with Gasteiger partial charge < -0.3 is 0 Å². The van der Waals surface area contributed by atoms with E-state index in [2.05, 4.69) is 0 Å². The number of carbonyl (C=O) groups is 2. The van der Waals surface area contributed by atoms with Crippen LogP contribution in [0.3, 0.4) is 0 Å². The largest absolute Gasteiger partial charge is 0.298 e. The summed E-state index contributed by atoms with van der Waals surface area (Å²) in [6.45, 7) is 0. The molecule has 1 radical (unpaired) electrons. The van der Waals surface area contributed by atoms with Gasteiger partial charge in [-0.2, -0.15) is 0 Å². The minimum Gasteiger partial charge on any atom is -0.298 e. The van der Waals surface area contributed by atoms with Crippen molar-refractivity contribution in [2.75, 3.05) is 0 Å². The molecule has 3 nitrogen and oxygen atoms in total. The third-order valence-electron chi connectivity index (χ3n) is 1.11. The molecular weight excluding hydrogens is 108 g/mol. The molecular formula is C5H3O3. The topological polar surface area (TPSA) is 51.2 Å². The average Bonchev–Trinajstić information content (AvgIpc) is 1.67. The van der Waals surface area contributed by atoms with Crippen LogP contribution in [0.5, 0.6) is 0 Å². The van der Waals surface area contributed by atoms with E-state index in [0.29, 0.717) is 0 Å². The normalized spacial score (nSPS) is 20.5. The summed E-state index contributed by atoms with van der Waals surface area (Å²) in [5.74, 6) is -1.63. The van der Waals surface area contributed by atoms with Crippen molar-refractivity contribution in [2.24, 2.45) is 5.92 Å². The van der Waals surface area contributed by atoms with Gasteiger partial charge >= 0.3 is 0 Å². The Labute approximate surface area is 45.7 Å². The fourth-order valence-electron chi connectivity index (χ4n) is 0.556. The summed E-state index contributed by atoms with van der Waals surface area (Å²) in [5.41, 5.74) is 0. The molecule has 0 bridgehead atoms. The zero-order chi connectivity index (χ0) is 6.15. The van der Waals surface area contributed by atoms with Crippen LogP contribution in [0, 0.1) is 5.92 Å². The predicted octanol–water partition coefficient (Wildman–Crippen LogP) is -0.746. The zero-order valence-electron chi connectivity index (χ0n) is 4.01. The van der Waals surface area contributed by atoms with E-state index < -0.39 is 5.92 Å². The molecule has 1 rings (SSSR count).